The monoisotopic (exact) mass is 349 g/mol. The third kappa shape index (κ3) is 2.96. The van der Waals surface area contributed by atoms with Gasteiger partial charge in [0, 0.05) is 31.1 Å². The quantitative estimate of drug-likeness (QED) is 0.900. The van der Waals surface area contributed by atoms with Crippen LogP contribution in [0.25, 0.3) is 0 Å². The summed E-state index contributed by atoms with van der Waals surface area (Å²) >= 11 is 1.35. The van der Waals surface area contributed by atoms with E-state index in [0.29, 0.717) is 25.3 Å². The second-order valence-electron chi connectivity index (χ2n) is 5.61. The summed E-state index contributed by atoms with van der Waals surface area (Å²) in [4.78, 5) is 32.1. The molecule has 2 aromatic rings. The third-order valence-electron chi connectivity index (χ3n) is 4.04. The van der Waals surface area contributed by atoms with Crippen molar-refractivity contribution in [1.29, 1.82) is 0 Å². The molecule has 126 valence electrons. The molecule has 0 bridgehead atoms. The summed E-state index contributed by atoms with van der Waals surface area (Å²) in [6.45, 7) is 2.83. The van der Waals surface area contributed by atoms with Crippen molar-refractivity contribution in [1.82, 2.24) is 14.8 Å². The number of halogens is 1. The van der Waals surface area contributed by atoms with Gasteiger partial charge in [-0.3, -0.25) is 9.59 Å². The molecule has 1 aliphatic rings. The van der Waals surface area contributed by atoms with Crippen LogP contribution in [-0.4, -0.2) is 57.4 Å². The molecule has 1 N–H and O–H groups in total. The molecule has 0 spiro atoms. The molecule has 0 unspecified atom stereocenters. The van der Waals surface area contributed by atoms with Crippen molar-refractivity contribution in [2.45, 2.75) is 13.0 Å². The standard InChI is InChI=1S/C16H16FN3O3S/c1-10-7-19(15(22)11-3-2-4-12(17)14(11)21)5-6-20(10)16(23)13-8-24-9-18-13/h2-4,8-10,21H,5-7H2,1H3/t10-/m0/s1. The van der Waals surface area contributed by atoms with Gasteiger partial charge >= 0.3 is 0 Å². The molecule has 3 rings (SSSR count). The molecule has 0 saturated carbocycles. The van der Waals surface area contributed by atoms with Crippen molar-refractivity contribution in [3.8, 4) is 5.75 Å². The normalized spacial score (nSPS) is 17.8. The van der Waals surface area contributed by atoms with Crippen molar-refractivity contribution < 1.29 is 19.1 Å². The Morgan fingerprint density at radius 2 is 2.12 bits per heavy atom. The highest BCUT2D eigenvalue weighted by Gasteiger charge is 2.32. The Kier molecular flexibility index (Phi) is 4.48. The van der Waals surface area contributed by atoms with Gasteiger partial charge in [-0.15, -0.1) is 11.3 Å². The number of phenolic OH excluding ortho intramolecular Hbond substituents is 1. The summed E-state index contributed by atoms with van der Waals surface area (Å²) < 4.78 is 13.4. The summed E-state index contributed by atoms with van der Waals surface area (Å²) in [6, 6.07) is 3.66. The molecule has 6 nitrogen and oxygen atoms in total. The number of amides is 2. The summed E-state index contributed by atoms with van der Waals surface area (Å²) in [6.07, 6.45) is 0. The fourth-order valence-electron chi connectivity index (χ4n) is 2.77. The maximum atomic E-state index is 13.4. The number of rotatable bonds is 2. The Labute approximate surface area is 142 Å². The lowest BCUT2D eigenvalue weighted by Gasteiger charge is -2.39. The average Bonchev–Trinajstić information content (AvgIpc) is 3.10. The number of carbonyl (C=O) groups excluding carboxylic acids is 2. The zero-order chi connectivity index (χ0) is 17.3. The molecular weight excluding hydrogens is 333 g/mol. The number of aromatic hydroxyl groups is 1. The van der Waals surface area contributed by atoms with E-state index in [0.717, 1.165) is 6.07 Å². The molecule has 1 saturated heterocycles. The molecule has 1 aliphatic heterocycles. The van der Waals surface area contributed by atoms with E-state index in [1.165, 1.54) is 28.4 Å². The molecule has 0 aliphatic carbocycles. The molecular formula is C16H16FN3O3S. The predicted molar refractivity (Wildman–Crippen MR) is 86.6 cm³/mol. The van der Waals surface area contributed by atoms with Crippen LogP contribution >= 0.6 is 11.3 Å². The van der Waals surface area contributed by atoms with Crippen LogP contribution in [0.15, 0.2) is 29.1 Å². The van der Waals surface area contributed by atoms with Crippen LogP contribution in [0.3, 0.4) is 0 Å². The van der Waals surface area contributed by atoms with Crippen molar-refractivity contribution in [2.75, 3.05) is 19.6 Å². The SMILES string of the molecule is C[C@H]1CN(C(=O)c2cccc(F)c2O)CCN1C(=O)c1cscn1. The van der Waals surface area contributed by atoms with E-state index < -0.39 is 17.5 Å². The van der Waals surface area contributed by atoms with Gasteiger partial charge in [0.1, 0.15) is 5.69 Å². The molecule has 24 heavy (non-hydrogen) atoms. The highest BCUT2D eigenvalue weighted by atomic mass is 32.1. The van der Waals surface area contributed by atoms with E-state index in [9.17, 15) is 19.1 Å². The summed E-state index contributed by atoms with van der Waals surface area (Å²) in [5, 5.41) is 11.4. The van der Waals surface area contributed by atoms with Gasteiger partial charge in [0.15, 0.2) is 11.6 Å². The molecule has 1 aromatic carbocycles. The minimum absolute atomic E-state index is 0.0681. The summed E-state index contributed by atoms with van der Waals surface area (Å²) in [7, 11) is 0. The van der Waals surface area contributed by atoms with Gasteiger partial charge in [-0.05, 0) is 19.1 Å². The van der Waals surface area contributed by atoms with Crippen LogP contribution < -0.4 is 0 Å². The van der Waals surface area contributed by atoms with E-state index in [-0.39, 0.29) is 17.5 Å². The lowest BCUT2D eigenvalue weighted by Crippen LogP contribution is -2.55. The maximum Gasteiger partial charge on any atom is 0.273 e. The van der Waals surface area contributed by atoms with Gasteiger partial charge < -0.3 is 14.9 Å². The fourth-order valence-corrected chi connectivity index (χ4v) is 3.29. The second kappa shape index (κ2) is 6.56. The van der Waals surface area contributed by atoms with Crippen molar-refractivity contribution in [3.63, 3.8) is 0 Å². The van der Waals surface area contributed by atoms with Crippen LogP contribution in [0.4, 0.5) is 4.39 Å². The Morgan fingerprint density at radius 3 is 2.79 bits per heavy atom. The Hall–Kier alpha value is -2.48. The number of nitrogens with zero attached hydrogens (tertiary/aromatic N) is 3. The number of hydrogen-bond acceptors (Lipinski definition) is 5. The number of benzene rings is 1. The topological polar surface area (TPSA) is 73.7 Å². The number of hydrogen-bond donors (Lipinski definition) is 1. The van der Waals surface area contributed by atoms with Gasteiger partial charge in [0.05, 0.1) is 11.1 Å². The van der Waals surface area contributed by atoms with Crippen molar-refractivity contribution in [3.05, 3.63) is 46.2 Å². The fraction of sp³-hybridized carbons (Fsp3) is 0.312. The zero-order valence-electron chi connectivity index (χ0n) is 13.0. The van der Waals surface area contributed by atoms with Gasteiger partial charge in [-0.2, -0.15) is 0 Å². The molecule has 1 fully saturated rings. The number of para-hydroxylation sites is 1. The highest BCUT2D eigenvalue weighted by molar-refractivity contribution is 7.07. The van der Waals surface area contributed by atoms with Gasteiger partial charge in [-0.25, -0.2) is 9.37 Å². The largest absolute Gasteiger partial charge is 0.504 e. The van der Waals surface area contributed by atoms with E-state index >= 15 is 0 Å². The number of piperazine rings is 1. The number of thiazole rings is 1. The van der Waals surface area contributed by atoms with Gasteiger partial charge in [0.2, 0.25) is 0 Å². The van der Waals surface area contributed by atoms with E-state index in [1.54, 1.807) is 15.8 Å². The van der Waals surface area contributed by atoms with Gasteiger partial charge in [0.25, 0.3) is 11.8 Å². The van der Waals surface area contributed by atoms with Crippen LogP contribution in [0.1, 0.15) is 27.8 Å². The highest BCUT2D eigenvalue weighted by Crippen LogP contribution is 2.24. The second-order valence-corrected chi connectivity index (χ2v) is 6.33. The predicted octanol–water partition coefficient (Wildman–Crippen LogP) is 1.97. The van der Waals surface area contributed by atoms with Crippen LogP contribution in [0.2, 0.25) is 0 Å². The van der Waals surface area contributed by atoms with Crippen LogP contribution in [-0.2, 0) is 0 Å². The minimum atomic E-state index is -0.828. The van der Waals surface area contributed by atoms with Gasteiger partial charge in [-0.1, -0.05) is 6.07 Å². The minimum Gasteiger partial charge on any atom is -0.504 e. The summed E-state index contributed by atoms with van der Waals surface area (Å²) in [5.74, 6) is -2.08. The van der Waals surface area contributed by atoms with Crippen LogP contribution in [0.5, 0.6) is 5.75 Å². The van der Waals surface area contributed by atoms with Crippen molar-refractivity contribution >= 4 is 23.2 Å². The summed E-state index contributed by atoms with van der Waals surface area (Å²) in [5.41, 5.74) is 1.93. The first-order valence-electron chi connectivity index (χ1n) is 7.45. The molecule has 8 heteroatoms. The first-order chi connectivity index (χ1) is 11.5. The van der Waals surface area contributed by atoms with E-state index in [4.69, 9.17) is 0 Å². The first kappa shape index (κ1) is 16.4. The molecule has 0 radical (unpaired) electrons. The number of phenols is 1. The number of aromatic nitrogens is 1. The van der Waals surface area contributed by atoms with Crippen molar-refractivity contribution in [2.24, 2.45) is 0 Å². The molecule has 1 atom stereocenters. The van der Waals surface area contributed by atoms with E-state index in [1.807, 2.05) is 6.92 Å². The third-order valence-corrected chi connectivity index (χ3v) is 4.63. The lowest BCUT2D eigenvalue weighted by atomic mass is 10.1. The zero-order valence-corrected chi connectivity index (χ0v) is 13.8. The maximum absolute atomic E-state index is 13.4. The first-order valence-corrected chi connectivity index (χ1v) is 8.39. The Bertz CT molecular complexity index is 766. The lowest BCUT2D eigenvalue weighted by molar-refractivity contribution is 0.0409. The molecule has 1 aromatic heterocycles. The smallest absolute Gasteiger partial charge is 0.273 e. The number of carbonyl (C=O) groups is 2. The molecule has 2 amide bonds. The average molecular weight is 349 g/mol. The molecule has 2 heterocycles. The Morgan fingerprint density at radius 1 is 1.33 bits per heavy atom. The van der Waals surface area contributed by atoms with Crippen LogP contribution in [0, 0.1) is 5.82 Å². The Balaban J connectivity index is 1.72. The van der Waals surface area contributed by atoms with E-state index in [2.05, 4.69) is 4.98 Å².